The summed E-state index contributed by atoms with van der Waals surface area (Å²) in [6, 6.07) is 3.93. The molecule has 0 aliphatic rings. The van der Waals surface area contributed by atoms with Gasteiger partial charge in [0.2, 0.25) is 10.0 Å². The third kappa shape index (κ3) is 6.10. The van der Waals surface area contributed by atoms with Gasteiger partial charge in [-0.2, -0.15) is 0 Å². The van der Waals surface area contributed by atoms with E-state index in [9.17, 15) is 18.3 Å². The summed E-state index contributed by atoms with van der Waals surface area (Å²) in [5.74, 6) is -1.19. The first-order valence-corrected chi connectivity index (χ1v) is 9.42. The average Bonchev–Trinajstić information content (AvgIpc) is 2.51. The van der Waals surface area contributed by atoms with E-state index in [1.165, 1.54) is 18.2 Å². The first-order valence-electron chi connectivity index (χ1n) is 7.94. The number of aromatic carboxylic acids is 1. The molecule has 0 radical (unpaired) electrons. The molecule has 8 heteroatoms. The molecule has 0 spiro atoms. The molecule has 0 amide bonds. The number of sulfonamides is 1. The van der Waals surface area contributed by atoms with E-state index in [4.69, 9.17) is 4.74 Å². The van der Waals surface area contributed by atoms with Crippen LogP contribution in [-0.4, -0.2) is 45.8 Å². The molecule has 3 N–H and O–H groups in total. The standard InChI is InChI=1S/C16H26N2O5S/c1-4-5-6-9-17-24(21,22)13-7-8-15(14(10-13)16(19)20)18-12(2)11-23-3/h7-8,10,12,17-18H,4-6,9,11H2,1-3H3,(H,19,20)/t12-/m1/s1. The number of carboxylic acids is 1. The Morgan fingerprint density at radius 3 is 2.62 bits per heavy atom. The number of benzene rings is 1. The zero-order valence-electron chi connectivity index (χ0n) is 14.3. The molecule has 1 rings (SSSR count). The zero-order chi connectivity index (χ0) is 18.2. The van der Waals surface area contributed by atoms with Crippen LogP contribution >= 0.6 is 0 Å². The van der Waals surface area contributed by atoms with E-state index >= 15 is 0 Å². The van der Waals surface area contributed by atoms with Crippen molar-refractivity contribution in [3.63, 3.8) is 0 Å². The van der Waals surface area contributed by atoms with Crippen LogP contribution in [-0.2, 0) is 14.8 Å². The van der Waals surface area contributed by atoms with E-state index in [0.717, 1.165) is 19.3 Å². The Bertz CT molecular complexity index is 646. The lowest BCUT2D eigenvalue weighted by atomic mass is 10.1. The second-order valence-electron chi connectivity index (χ2n) is 5.62. The Morgan fingerprint density at radius 1 is 1.33 bits per heavy atom. The molecule has 7 nitrogen and oxygen atoms in total. The zero-order valence-corrected chi connectivity index (χ0v) is 15.1. The summed E-state index contributed by atoms with van der Waals surface area (Å²) in [4.78, 5) is 11.4. The number of nitrogens with one attached hydrogen (secondary N) is 2. The molecule has 0 aliphatic heterocycles. The Kier molecular flexibility index (Phi) is 8.17. The van der Waals surface area contributed by atoms with Crippen molar-refractivity contribution in [1.82, 2.24) is 4.72 Å². The second-order valence-corrected chi connectivity index (χ2v) is 7.39. The predicted octanol–water partition coefficient (Wildman–Crippen LogP) is 2.30. The summed E-state index contributed by atoms with van der Waals surface area (Å²) in [6.07, 6.45) is 2.67. The van der Waals surface area contributed by atoms with E-state index in [0.29, 0.717) is 18.8 Å². The van der Waals surface area contributed by atoms with Crippen molar-refractivity contribution < 1.29 is 23.1 Å². The van der Waals surface area contributed by atoms with E-state index in [1.807, 2.05) is 13.8 Å². The molecular weight excluding hydrogens is 332 g/mol. The van der Waals surface area contributed by atoms with Gasteiger partial charge in [0.15, 0.2) is 0 Å². The van der Waals surface area contributed by atoms with Crippen molar-refractivity contribution in [2.75, 3.05) is 25.6 Å². The van der Waals surface area contributed by atoms with Crippen LogP contribution in [0.2, 0.25) is 0 Å². The highest BCUT2D eigenvalue weighted by atomic mass is 32.2. The van der Waals surface area contributed by atoms with E-state index in [-0.39, 0.29) is 16.5 Å². The van der Waals surface area contributed by atoms with Gasteiger partial charge in [0.1, 0.15) is 0 Å². The lowest BCUT2D eigenvalue weighted by Crippen LogP contribution is -2.26. The molecule has 0 aliphatic carbocycles. The lowest BCUT2D eigenvalue weighted by molar-refractivity contribution is 0.0697. The van der Waals surface area contributed by atoms with E-state index in [1.54, 1.807) is 7.11 Å². The quantitative estimate of drug-likeness (QED) is 0.524. The third-order valence-corrected chi connectivity index (χ3v) is 4.88. The van der Waals surface area contributed by atoms with Crippen LogP contribution in [0.5, 0.6) is 0 Å². The van der Waals surface area contributed by atoms with Gasteiger partial charge in [-0.1, -0.05) is 19.8 Å². The molecule has 0 unspecified atom stereocenters. The number of hydrogen-bond donors (Lipinski definition) is 3. The van der Waals surface area contributed by atoms with Crippen molar-refractivity contribution in [1.29, 1.82) is 0 Å². The molecule has 0 saturated carbocycles. The van der Waals surface area contributed by atoms with Gasteiger partial charge in [-0.15, -0.1) is 0 Å². The predicted molar refractivity (Wildman–Crippen MR) is 93.1 cm³/mol. The second kappa shape index (κ2) is 9.61. The highest BCUT2D eigenvalue weighted by Crippen LogP contribution is 2.21. The number of ether oxygens (including phenoxy) is 1. The first kappa shape index (κ1) is 20.4. The minimum absolute atomic E-state index is 0.0543. The van der Waals surface area contributed by atoms with E-state index in [2.05, 4.69) is 10.0 Å². The minimum atomic E-state index is -3.72. The maximum Gasteiger partial charge on any atom is 0.337 e. The topological polar surface area (TPSA) is 105 Å². The van der Waals surface area contributed by atoms with Crippen LogP contribution in [0.1, 0.15) is 43.5 Å². The molecule has 1 atom stereocenters. The highest BCUT2D eigenvalue weighted by Gasteiger charge is 2.19. The van der Waals surface area contributed by atoms with Crippen LogP contribution in [0, 0.1) is 0 Å². The summed E-state index contributed by atoms with van der Waals surface area (Å²) in [7, 11) is -2.17. The van der Waals surface area contributed by atoms with Crippen molar-refractivity contribution in [2.45, 2.75) is 44.0 Å². The van der Waals surface area contributed by atoms with Gasteiger partial charge in [0.25, 0.3) is 0 Å². The minimum Gasteiger partial charge on any atom is -0.478 e. The van der Waals surface area contributed by atoms with Gasteiger partial charge in [-0.3, -0.25) is 0 Å². The summed E-state index contributed by atoms with van der Waals surface area (Å²) >= 11 is 0. The molecule has 0 bridgehead atoms. The van der Waals surface area contributed by atoms with Crippen LogP contribution in [0.3, 0.4) is 0 Å². The van der Waals surface area contributed by atoms with Gasteiger partial charge >= 0.3 is 5.97 Å². The highest BCUT2D eigenvalue weighted by molar-refractivity contribution is 7.89. The Labute approximate surface area is 143 Å². The number of carbonyl (C=O) groups is 1. The van der Waals surface area contributed by atoms with E-state index < -0.39 is 16.0 Å². The maximum atomic E-state index is 12.3. The Hall–Kier alpha value is -1.64. The normalized spacial score (nSPS) is 12.8. The molecule has 0 heterocycles. The first-order chi connectivity index (χ1) is 11.3. The monoisotopic (exact) mass is 358 g/mol. The number of unbranched alkanes of at least 4 members (excludes halogenated alkanes) is 2. The third-order valence-electron chi connectivity index (χ3n) is 3.42. The Balaban J connectivity index is 2.98. The van der Waals surface area contributed by atoms with Crippen molar-refractivity contribution >= 4 is 21.7 Å². The average molecular weight is 358 g/mol. The van der Waals surface area contributed by atoms with Gasteiger partial charge in [-0.05, 0) is 31.5 Å². The number of rotatable bonds is 11. The van der Waals surface area contributed by atoms with Crippen molar-refractivity contribution in [2.24, 2.45) is 0 Å². The van der Waals surface area contributed by atoms with Gasteiger partial charge in [0.05, 0.1) is 17.1 Å². The van der Waals surface area contributed by atoms with Crippen LogP contribution < -0.4 is 10.0 Å². The lowest BCUT2D eigenvalue weighted by Gasteiger charge is -2.17. The fourth-order valence-electron chi connectivity index (χ4n) is 2.22. The number of methoxy groups -OCH3 is 1. The van der Waals surface area contributed by atoms with Crippen molar-refractivity contribution in [3.05, 3.63) is 23.8 Å². The van der Waals surface area contributed by atoms with Crippen LogP contribution in [0.15, 0.2) is 23.1 Å². The maximum absolute atomic E-state index is 12.3. The number of hydrogen-bond acceptors (Lipinski definition) is 5. The molecule has 136 valence electrons. The van der Waals surface area contributed by atoms with Crippen LogP contribution in [0.4, 0.5) is 5.69 Å². The number of carboxylic acid groups (broad SMARTS) is 1. The molecule has 24 heavy (non-hydrogen) atoms. The fraction of sp³-hybridized carbons (Fsp3) is 0.562. The van der Waals surface area contributed by atoms with Gasteiger partial charge < -0.3 is 15.2 Å². The smallest absolute Gasteiger partial charge is 0.337 e. The summed E-state index contributed by atoms with van der Waals surface area (Å²) in [6.45, 7) is 4.61. The summed E-state index contributed by atoms with van der Waals surface area (Å²) in [5.41, 5.74) is 0.270. The molecule has 0 fully saturated rings. The van der Waals surface area contributed by atoms with Gasteiger partial charge in [0, 0.05) is 25.4 Å². The van der Waals surface area contributed by atoms with Crippen molar-refractivity contribution in [3.8, 4) is 0 Å². The largest absolute Gasteiger partial charge is 0.478 e. The summed E-state index contributed by atoms with van der Waals surface area (Å²) in [5, 5.41) is 12.4. The molecule has 1 aromatic carbocycles. The van der Waals surface area contributed by atoms with Gasteiger partial charge in [-0.25, -0.2) is 17.9 Å². The molecular formula is C16H26N2O5S. The number of anilines is 1. The molecule has 0 saturated heterocycles. The Morgan fingerprint density at radius 2 is 2.04 bits per heavy atom. The fourth-order valence-corrected chi connectivity index (χ4v) is 3.32. The van der Waals surface area contributed by atoms with Crippen LogP contribution in [0.25, 0.3) is 0 Å². The SMILES string of the molecule is CCCCCNS(=O)(=O)c1ccc(N[C@H](C)COC)c(C(=O)O)c1. The molecule has 0 aromatic heterocycles. The molecule has 1 aromatic rings. The summed E-state index contributed by atoms with van der Waals surface area (Å²) < 4.78 is 32.0.